The van der Waals surface area contributed by atoms with Crippen LogP contribution >= 0.6 is 0 Å². The predicted octanol–water partition coefficient (Wildman–Crippen LogP) is 6.47. The van der Waals surface area contributed by atoms with Crippen LogP contribution in [0.3, 0.4) is 0 Å². The van der Waals surface area contributed by atoms with Gasteiger partial charge in [-0.1, -0.05) is 12.1 Å². The largest absolute Gasteiger partial charge is 0.341 e. The summed E-state index contributed by atoms with van der Waals surface area (Å²) in [4.78, 5) is 30.8. The minimum atomic E-state index is 0.385. The molecular formula is C32H34N8. The van der Waals surface area contributed by atoms with Crippen LogP contribution < -0.4 is 0 Å². The molecule has 3 aromatic carbocycles. The highest BCUT2D eigenvalue weighted by Crippen LogP contribution is 2.31. The van der Waals surface area contributed by atoms with E-state index in [4.69, 9.17) is 9.97 Å². The van der Waals surface area contributed by atoms with Crippen LogP contribution in [0, 0.1) is 0 Å². The van der Waals surface area contributed by atoms with E-state index in [0.29, 0.717) is 12.1 Å². The number of benzene rings is 3. The van der Waals surface area contributed by atoms with Gasteiger partial charge in [0, 0.05) is 12.4 Å². The first kappa shape index (κ1) is 24.9. The highest BCUT2D eigenvalue weighted by molar-refractivity contribution is 5.89. The Hall–Kier alpha value is -4.14. The molecule has 2 N–H and O–H groups in total. The van der Waals surface area contributed by atoms with Crippen molar-refractivity contribution in [2.45, 2.75) is 37.8 Å². The minimum absolute atomic E-state index is 0.385. The number of likely N-dealkylation sites (tertiary alicyclic amines) is 2. The number of hydrogen-bond acceptors (Lipinski definition) is 6. The van der Waals surface area contributed by atoms with Crippen LogP contribution in [0.15, 0.2) is 70.6 Å². The lowest BCUT2D eigenvalue weighted by Crippen LogP contribution is -2.18. The number of imidazole rings is 2. The fourth-order valence-corrected chi connectivity index (χ4v) is 6.00. The van der Waals surface area contributed by atoms with E-state index in [1.807, 2.05) is 36.7 Å². The molecule has 2 aromatic heterocycles. The maximum Gasteiger partial charge on any atom is 0.124 e. The maximum absolute atomic E-state index is 4.83. The van der Waals surface area contributed by atoms with Crippen LogP contribution in [0.2, 0.25) is 0 Å². The topological polar surface area (TPSA) is 88.6 Å². The van der Waals surface area contributed by atoms with Gasteiger partial charge in [0.25, 0.3) is 0 Å². The maximum atomic E-state index is 4.83. The lowest BCUT2D eigenvalue weighted by molar-refractivity contribution is 0.307. The molecule has 2 fully saturated rings. The van der Waals surface area contributed by atoms with E-state index in [9.17, 15) is 0 Å². The third kappa shape index (κ3) is 4.96. The molecule has 0 unspecified atom stereocenters. The van der Waals surface area contributed by atoms with E-state index in [-0.39, 0.29) is 0 Å². The highest BCUT2D eigenvalue weighted by Gasteiger charge is 2.26. The molecule has 7 rings (SSSR count). The molecule has 2 aliphatic rings. The van der Waals surface area contributed by atoms with Crippen LogP contribution in [0.25, 0.3) is 22.1 Å². The van der Waals surface area contributed by atoms with Crippen LogP contribution in [0.5, 0.6) is 0 Å². The standard InChI is InChI=1S/C32H34N8/c1-39-15-3-5-29(39)31-35-25-13-7-21(17-27(25)37-31)19-33-23-9-11-24(12-10-23)34-20-22-8-14-26-28(18-22)38-32(36-26)30-6-4-16-40(30)2/h7-14,17-20,29-30H,3-6,15-16H2,1-2H3,(H,35,37)(H,36,38)/t29-,30-/m0/s1. The van der Waals surface area contributed by atoms with Gasteiger partial charge in [0.1, 0.15) is 11.6 Å². The smallest absolute Gasteiger partial charge is 0.124 e. The molecule has 0 saturated carbocycles. The van der Waals surface area contributed by atoms with Gasteiger partial charge in [-0.05, 0) is 113 Å². The van der Waals surface area contributed by atoms with Crippen molar-refractivity contribution in [1.82, 2.24) is 29.7 Å². The quantitative estimate of drug-likeness (QED) is 0.246. The molecule has 40 heavy (non-hydrogen) atoms. The van der Waals surface area contributed by atoms with E-state index in [1.54, 1.807) is 0 Å². The summed E-state index contributed by atoms with van der Waals surface area (Å²) in [6.07, 6.45) is 8.56. The van der Waals surface area contributed by atoms with Crippen molar-refractivity contribution in [3.05, 3.63) is 83.4 Å². The number of nitrogens with one attached hydrogen (secondary N) is 2. The number of rotatable bonds is 6. The third-order valence-electron chi connectivity index (χ3n) is 8.30. The summed E-state index contributed by atoms with van der Waals surface area (Å²) in [7, 11) is 4.34. The van der Waals surface area contributed by atoms with Crippen molar-refractivity contribution < 1.29 is 0 Å². The molecule has 0 radical (unpaired) electrons. The molecule has 202 valence electrons. The van der Waals surface area contributed by atoms with Crippen molar-refractivity contribution >= 4 is 45.9 Å². The summed E-state index contributed by atoms with van der Waals surface area (Å²) in [5.41, 5.74) is 7.98. The molecule has 2 atom stereocenters. The Morgan fingerprint density at radius 3 is 1.52 bits per heavy atom. The van der Waals surface area contributed by atoms with Crippen LogP contribution in [-0.4, -0.2) is 69.3 Å². The zero-order valence-electron chi connectivity index (χ0n) is 23.0. The number of aliphatic imine (C=N–C) groups is 2. The minimum Gasteiger partial charge on any atom is -0.341 e. The van der Waals surface area contributed by atoms with Gasteiger partial charge in [-0.3, -0.25) is 19.8 Å². The van der Waals surface area contributed by atoms with Gasteiger partial charge in [0.15, 0.2) is 0 Å². The van der Waals surface area contributed by atoms with Gasteiger partial charge in [-0.2, -0.15) is 0 Å². The monoisotopic (exact) mass is 530 g/mol. The average molecular weight is 531 g/mol. The fourth-order valence-electron chi connectivity index (χ4n) is 6.00. The normalized spacial score (nSPS) is 20.8. The zero-order chi connectivity index (χ0) is 27.1. The summed E-state index contributed by atoms with van der Waals surface area (Å²) in [5, 5.41) is 0. The molecule has 0 spiro atoms. The van der Waals surface area contributed by atoms with Crippen LogP contribution in [0.1, 0.15) is 60.5 Å². The summed E-state index contributed by atoms with van der Waals surface area (Å²) >= 11 is 0. The molecule has 8 heteroatoms. The van der Waals surface area contributed by atoms with E-state index >= 15 is 0 Å². The van der Waals surface area contributed by atoms with Crippen molar-refractivity contribution in [2.24, 2.45) is 9.98 Å². The first-order chi connectivity index (χ1) is 19.6. The van der Waals surface area contributed by atoms with E-state index in [1.165, 1.54) is 12.8 Å². The molecule has 5 aromatic rings. The van der Waals surface area contributed by atoms with Crippen molar-refractivity contribution in [2.75, 3.05) is 27.2 Å². The van der Waals surface area contributed by atoms with Gasteiger partial charge in [-0.15, -0.1) is 0 Å². The Bertz CT molecular complexity index is 1580. The molecule has 8 nitrogen and oxygen atoms in total. The van der Waals surface area contributed by atoms with E-state index in [0.717, 1.165) is 82.1 Å². The molecule has 4 heterocycles. The van der Waals surface area contributed by atoms with Gasteiger partial charge >= 0.3 is 0 Å². The molecular weight excluding hydrogens is 496 g/mol. The Morgan fingerprint density at radius 1 is 0.675 bits per heavy atom. The lowest BCUT2D eigenvalue weighted by Gasteiger charge is -2.16. The fraction of sp³-hybridized carbons (Fsp3) is 0.312. The number of aromatic nitrogens is 4. The summed E-state index contributed by atoms with van der Waals surface area (Å²) < 4.78 is 0. The number of fused-ring (bicyclic) bond motifs is 2. The van der Waals surface area contributed by atoms with Gasteiger partial charge in [0.05, 0.1) is 45.5 Å². The summed E-state index contributed by atoms with van der Waals surface area (Å²) in [6.45, 7) is 2.26. The van der Waals surface area contributed by atoms with Crippen LogP contribution in [-0.2, 0) is 0 Å². The molecule has 0 bridgehead atoms. The Kier molecular flexibility index (Phi) is 6.49. The molecule has 0 amide bonds. The highest BCUT2D eigenvalue weighted by atomic mass is 15.2. The number of H-pyrrole nitrogens is 2. The molecule has 2 saturated heterocycles. The Labute approximate surface area is 233 Å². The molecule has 0 aliphatic carbocycles. The van der Waals surface area contributed by atoms with Gasteiger partial charge < -0.3 is 9.97 Å². The number of nitrogens with zero attached hydrogens (tertiary/aromatic N) is 6. The second kappa shape index (κ2) is 10.4. The Morgan fingerprint density at radius 2 is 1.12 bits per heavy atom. The molecule has 2 aliphatic heterocycles. The van der Waals surface area contributed by atoms with Gasteiger partial charge in [0.2, 0.25) is 0 Å². The number of hydrogen-bond donors (Lipinski definition) is 2. The number of aromatic amines is 2. The van der Waals surface area contributed by atoms with Crippen molar-refractivity contribution in [3.8, 4) is 0 Å². The Balaban J connectivity index is 1.02. The lowest BCUT2D eigenvalue weighted by atomic mass is 10.2. The summed E-state index contributed by atoms with van der Waals surface area (Å²) in [6, 6.07) is 21.3. The average Bonchev–Trinajstić information content (AvgIpc) is 3.76. The van der Waals surface area contributed by atoms with Gasteiger partial charge in [-0.25, -0.2) is 9.97 Å². The van der Waals surface area contributed by atoms with E-state index in [2.05, 4.69) is 80.2 Å². The van der Waals surface area contributed by atoms with E-state index < -0.39 is 0 Å². The van der Waals surface area contributed by atoms with Crippen LogP contribution in [0.4, 0.5) is 11.4 Å². The first-order valence-corrected chi connectivity index (χ1v) is 14.2. The SMILES string of the molecule is CN1CCC[C@H]1c1nc2ccc(C=Nc3ccc(N=Cc4ccc5nc([C@@H]6CCCN6C)[nH]c5c4)cc3)cc2[nH]1. The van der Waals surface area contributed by atoms with Crippen molar-refractivity contribution in [3.63, 3.8) is 0 Å². The second-order valence-electron chi connectivity index (χ2n) is 11.1. The second-order valence-corrected chi connectivity index (χ2v) is 11.1. The third-order valence-corrected chi connectivity index (χ3v) is 8.30. The first-order valence-electron chi connectivity index (χ1n) is 14.2. The zero-order valence-corrected chi connectivity index (χ0v) is 23.0. The van der Waals surface area contributed by atoms with Crippen molar-refractivity contribution in [1.29, 1.82) is 0 Å². The summed E-state index contributed by atoms with van der Waals surface area (Å²) in [5.74, 6) is 2.12. The predicted molar refractivity (Wildman–Crippen MR) is 162 cm³/mol.